The van der Waals surface area contributed by atoms with E-state index in [0.717, 1.165) is 37.7 Å². The molecule has 1 amide bonds. The molecule has 1 saturated heterocycles. The molecule has 0 spiro atoms. The van der Waals surface area contributed by atoms with Crippen molar-refractivity contribution < 1.29 is 9.53 Å². The molecule has 1 N–H and O–H groups in total. The Morgan fingerprint density at radius 2 is 2.21 bits per heavy atom. The summed E-state index contributed by atoms with van der Waals surface area (Å²) < 4.78 is 7.20. The van der Waals surface area contributed by atoms with Gasteiger partial charge < -0.3 is 10.1 Å². The Morgan fingerprint density at radius 3 is 2.83 bits per heavy atom. The second kappa shape index (κ2) is 7.92. The number of aryl methyl sites for hydroxylation is 2. The zero-order valence-corrected chi connectivity index (χ0v) is 15.0. The number of morpholine rings is 1. The van der Waals surface area contributed by atoms with Crippen LogP contribution in [0, 0.1) is 13.8 Å². The van der Waals surface area contributed by atoms with Crippen LogP contribution in [-0.4, -0.2) is 53.4 Å². The molecular weight excluding hydrogens is 324 g/mol. The topological polar surface area (TPSA) is 59.4 Å². The monoisotopic (exact) mass is 348 g/mol. The summed E-state index contributed by atoms with van der Waals surface area (Å²) in [6.07, 6.45) is 0. The van der Waals surface area contributed by atoms with E-state index in [1.54, 1.807) is 16.0 Å². The number of nitrogens with one attached hydrogen (secondary N) is 1. The van der Waals surface area contributed by atoms with E-state index in [-0.39, 0.29) is 18.5 Å². The average Bonchev–Trinajstić information content (AvgIpc) is 3.19. The standard InChI is InChI=1S/C17H24N4O2S/c1-13-10-14(2)21(19-13)12-17(22)18-11-15(16-4-3-9-24-16)20-5-7-23-8-6-20/h3-4,9-10,15H,5-8,11-12H2,1-2H3,(H,18,22)/t15-/m1/s1. The maximum Gasteiger partial charge on any atom is 0.241 e. The Kier molecular flexibility index (Phi) is 5.65. The molecule has 0 aliphatic carbocycles. The van der Waals surface area contributed by atoms with Crippen molar-refractivity contribution in [1.29, 1.82) is 0 Å². The van der Waals surface area contributed by atoms with E-state index in [0.29, 0.717) is 6.54 Å². The highest BCUT2D eigenvalue weighted by Gasteiger charge is 2.24. The van der Waals surface area contributed by atoms with Crippen molar-refractivity contribution in [2.24, 2.45) is 0 Å². The number of ether oxygens (including phenoxy) is 1. The first kappa shape index (κ1) is 17.1. The van der Waals surface area contributed by atoms with Gasteiger partial charge in [-0.25, -0.2) is 0 Å². The molecule has 6 nitrogen and oxygen atoms in total. The zero-order valence-electron chi connectivity index (χ0n) is 14.2. The van der Waals surface area contributed by atoms with Gasteiger partial charge in [0, 0.05) is 30.2 Å². The SMILES string of the molecule is Cc1cc(C)n(CC(=O)NC[C@H](c2cccs2)N2CCOCC2)n1. The van der Waals surface area contributed by atoms with Crippen LogP contribution in [0.4, 0.5) is 0 Å². The van der Waals surface area contributed by atoms with Crippen molar-refractivity contribution in [1.82, 2.24) is 20.0 Å². The third kappa shape index (κ3) is 4.23. The highest BCUT2D eigenvalue weighted by molar-refractivity contribution is 7.10. The maximum atomic E-state index is 12.3. The van der Waals surface area contributed by atoms with Gasteiger partial charge in [0.2, 0.25) is 5.91 Å². The summed E-state index contributed by atoms with van der Waals surface area (Å²) >= 11 is 1.73. The molecule has 130 valence electrons. The van der Waals surface area contributed by atoms with E-state index in [4.69, 9.17) is 4.74 Å². The van der Waals surface area contributed by atoms with E-state index in [1.807, 2.05) is 19.9 Å². The number of nitrogens with zero attached hydrogens (tertiary/aromatic N) is 3. The zero-order chi connectivity index (χ0) is 16.9. The predicted octanol–water partition coefficient (Wildman–Crippen LogP) is 1.75. The highest BCUT2D eigenvalue weighted by Crippen LogP contribution is 2.25. The van der Waals surface area contributed by atoms with Gasteiger partial charge in [0.1, 0.15) is 6.54 Å². The number of thiophene rings is 1. The fourth-order valence-electron chi connectivity index (χ4n) is 3.02. The Balaban J connectivity index is 1.60. The van der Waals surface area contributed by atoms with Crippen LogP contribution < -0.4 is 5.32 Å². The minimum absolute atomic E-state index is 0.00369. The molecule has 2 aromatic heterocycles. The van der Waals surface area contributed by atoms with Crippen LogP contribution in [0.5, 0.6) is 0 Å². The van der Waals surface area contributed by atoms with Crippen LogP contribution in [0.1, 0.15) is 22.3 Å². The molecule has 0 aromatic carbocycles. The van der Waals surface area contributed by atoms with Crippen LogP contribution in [0.2, 0.25) is 0 Å². The van der Waals surface area contributed by atoms with E-state index in [2.05, 4.69) is 32.8 Å². The summed E-state index contributed by atoms with van der Waals surface area (Å²) in [5.41, 5.74) is 1.94. The first-order chi connectivity index (χ1) is 11.6. The van der Waals surface area contributed by atoms with Gasteiger partial charge in [-0.2, -0.15) is 5.10 Å². The van der Waals surface area contributed by atoms with Crippen LogP contribution in [0.25, 0.3) is 0 Å². The van der Waals surface area contributed by atoms with Crippen LogP contribution >= 0.6 is 11.3 Å². The normalized spacial score (nSPS) is 16.9. The molecule has 1 aliphatic heterocycles. The molecule has 2 aromatic rings. The number of hydrogen-bond acceptors (Lipinski definition) is 5. The summed E-state index contributed by atoms with van der Waals surface area (Å²) in [5, 5.41) is 9.51. The summed E-state index contributed by atoms with van der Waals surface area (Å²) in [4.78, 5) is 16.0. The van der Waals surface area contributed by atoms with Crippen molar-refractivity contribution in [2.45, 2.75) is 26.4 Å². The number of rotatable bonds is 6. The van der Waals surface area contributed by atoms with Gasteiger partial charge in [0.15, 0.2) is 0 Å². The van der Waals surface area contributed by atoms with Crippen molar-refractivity contribution in [3.63, 3.8) is 0 Å². The van der Waals surface area contributed by atoms with Crippen LogP contribution in [0.15, 0.2) is 23.6 Å². The molecule has 0 radical (unpaired) electrons. The first-order valence-electron chi connectivity index (χ1n) is 8.26. The number of carbonyl (C=O) groups is 1. The Morgan fingerprint density at radius 1 is 1.42 bits per heavy atom. The highest BCUT2D eigenvalue weighted by atomic mass is 32.1. The molecule has 7 heteroatoms. The third-order valence-corrected chi connectivity index (χ3v) is 5.22. The molecule has 3 rings (SSSR count). The van der Waals surface area contributed by atoms with E-state index in [9.17, 15) is 4.79 Å². The molecule has 0 saturated carbocycles. The Hall–Kier alpha value is -1.70. The molecule has 1 fully saturated rings. The van der Waals surface area contributed by atoms with Crippen LogP contribution in [0.3, 0.4) is 0 Å². The average molecular weight is 348 g/mol. The van der Waals surface area contributed by atoms with Crippen molar-refractivity contribution >= 4 is 17.2 Å². The first-order valence-corrected chi connectivity index (χ1v) is 9.14. The molecule has 24 heavy (non-hydrogen) atoms. The van der Waals surface area contributed by atoms with Gasteiger partial charge in [-0.15, -0.1) is 11.3 Å². The summed E-state index contributed by atoms with van der Waals surface area (Å²) in [7, 11) is 0. The lowest BCUT2D eigenvalue weighted by Crippen LogP contribution is -2.44. The minimum Gasteiger partial charge on any atom is -0.379 e. The lowest BCUT2D eigenvalue weighted by atomic mass is 10.2. The van der Waals surface area contributed by atoms with Crippen molar-refractivity contribution in [2.75, 3.05) is 32.8 Å². The van der Waals surface area contributed by atoms with Gasteiger partial charge in [-0.05, 0) is 31.4 Å². The number of carbonyl (C=O) groups excluding carboxylic acids is 1. The fraction of sp³-hybridized carbons (Fsp3) is 0.529. The van der Waals surface area contributed by atoms with E-state index < -0.39 is 0 Å². The van der Waals surface area contributed by atoms with Gasteiger partial charge in [-0.1, -0.05) is 6.07 Å². The van der Waals surface area contributed by atoms with Gasteiger partial charge in [0.25, 0.3) is 0 Å². The smallest absolute Gasteiger partial charge is 0.241 e. The third-order valence-electron chi connectivity index (χ3n) is 4.25. The van der Waals surface area contributed by atoms with Gasteiger partial charge >= 0.3 is 0 Å². The number of amides is 1. The number of hydrogen-bond donors (Lipinski definition) is 1. The molecule has 1 atom stereocenters. The van der Waals surface area contributed by atoms with Crippen molar-refractivity contribution in [3.05, 3.63) is 39.8 Å². The van der Waals surface area contributed by atoms with Gasteiger partial charge in [-0.3, -0.25) is 14.4 Å². The predicted molar refractivity (Wildman–Crippen MR) is 94.2 cm³/mol. The summed E-state index contributed by atoms with van der Waals surface area (Å²) in [5.74, 6) is -0.00369. The van der Waals surface area contributed by atoms with E-state index >= 15 is 0 Å². The lowest BCUT2D eigenvalue weighted by Gasteiger charge is -2.34. The van der Waals surface area contributed by atoms with Crippen LogP contribution in [-0.2, 0) is 16.1 Å². The number of aromatic nitrogens is 2. The molecular formula is C17H24N4O2S. The summed E-state index contributed by atoms with van der Waals surface area (Å²) in [6, 6.07) is 6.39. The second-order valence-electron chi connectivity index (χ2n) is 6.07. The fourth-order valence-corrected chi connectivity index (χ4v) is 3.88. The van der Waals surface area contributed by atoms with Crippen molar-refractivity contribution in [3.8, 4) is 0 Å². The maximum absolute atomic E-state index is 12.3. The molecule has 3 heterocycles. The Bertz CT molecular complexity index is 662. The second-order valence-corrected chi connectivity index (χ2v) is 7.05. The molecule has 1 aliphatic rings. The van der Waals surface area contributed by atoms with Gasteiger partial charge in [0.05, 0.1) is 24.9 Å². The lowest BCUT2D eigenvalue weighted by molar-refractivity contribution is -0.122. The summed E-state index contributed by atoms with van der Waals surface area (Å²) in [6.45, 7) is 8.08. The minimum atomic E-state index is -0.00369. The largest absolute Gasteiger partial charge is 0.379 e. The molecule has 0 unspecified atom stereocenters. The quantitative estimate of drug-likeness (QED) is 0.864. The Labute approximate surface area is 146 Å². The molecule has 0 bridgehead atoms. The van der Waals surface area contributed by atoms with E-state index in [1.165, 1.54) is 4.88 Å².